The summed E-state index contributed by atoms with van der Waals surface area (Å²) < 4.78 is 13.3. The van der Waals surface area contributed by atoms with E-state index in [1.807, 2.05) is 0 Å². The SMILES string of the molecule is CN(C)C(=O)Cc1cc([N+](=O)[O-])ccc1F. The molecule has 0 N–H and O–H groups in total. The van der Waals surface area contributed by atoms with Crippen molar-refractivity contribution in [3.63, 3.8) is 0 Å². The summed E-state index contributed by atoms with van der Waals surface area (Å²) in [4.78, 5) is 22.5. The van der Waals surface area contributed by atoms with Crippen molar-refractivity contribution in [2.24, 2.45) is 0 Å². The topological polar surface area (TPSA) is 63.5 Å². The number of rotatable bonds is 3. The molecule has 1 rings (SSSR count). The molecule has 1 aromatic rings. The number of amides is 1. The number of carbonyl (C=O) groups excluding carboxylic acids is 1. The van der Waals surface area contributed by atoms with Crippen molar-refractivity contribution in [1.29, 1.82) is 0 Å². The first-order chi connectivity index (χ1) is 7.41. The van der Waals surface area contributed by atoms with E-state index in [-0.39, 0.29) is 23.6 Å². The van der Waals surface area contributed by atoms with Gasteiger partial charge >= 0.3 is 0 Å². The van der Waals surface area contributed by atoms with Crippen molar-refractivity contribution in [2.75, 3.05) is 14.1 Å². The fourth-order valence-electron chi connectivity index (χ4n) is 1.13. The first-order valence-electron chi connectivity index (χ1n) is 4.55. The minimum Gasteiger partial charge on any atom is -0.349 e. The summed E-state index contributed by atoms with van der Waals surface area (Å²) in [5.41, 5.74) is -0.184. The lowest BCUT2D eigenvalue weighted by molar-refractivity contribution is -0.385. The van der Waals surface area contributed by atoms with Crippen LogP contribution in [0.4, 0.5) is 10.1 Å². The molecule has 5 nitrogen and oxygen atoms in total. The highest BCUT2D eigenvalue weighted by atomic mass is 19.1. The predicted octanol–water partition coefficient (Wildman–Crippen LogP) is 1.36. The monoisotopic (exact) mass is 226 g/mol. The number of non-ortho nitro benzene ring substituents is 1. The molecule has 0 aliphatic rings. The van der Waals surface area contributed by atoms with Crippen LogP contribution in [0.25, 0.3) is 0 Å². The maximum Gasteiger partial charge on any atom is 0.269 e. The third-order valence-corrected chi connectivity index (χ3v) is 2.08. The molecule has 0 unspecified atom stereocenters. The van der Waals surface area contributed by atoms with E-state index in [9.17, 15) is 19.3 Å². The highest BCUT2D eigenvalue weighted by Gasteiger charge is 2.14. The number of hydrogen-bond acceptors (Lipinski definition) is 3. The number of carbonyl (C=O) groups is 1. The van der Waals surface area contributed by atoms with Gasteiger partial charge in [0.15, 0.2) is 0 Å². The molecular weight excluding hydrogens is 215 g/mol. The van der Waals surface area contributed by atoms with Crippen LogP contribution in [0.5, 0.6) is 0 Å². The molecule has 0 spiro atoms. The van der Waals surface area contributed by atoms with Gasteiger partial charge in [-0.15, -0.1) is 0 Å². The normalized spacial score (nSPS) is 9.94. The number of hydrogen-bond donors (Lipinski definition) is 0. The molecule has 0 aromatic heterocycles. The summed E-state index contributed by atoms with van der Waals surface area (Å²) >= 11 is 0. The van der Waals surface area contributed by atoms with Crippen LogP contribution in [0.3, 0.4) is 0 Å². The predicted molar refractivity (Wildman–Crippen MR) is 55.5 cm³/mol. The zero-order chi connectivity index (χ0) is 12.3. The Hall–Kier alpha value is -1.98. The summed E-state index contributed by atoms with van der Waals surface area (Å²) in [7, 11) is 3.08. The standard InChI is InChI=1S/C10H11FN2O3/c1-12(2)10(14)6-7-5-8(13(15)16)3-4-9(7)11/h3-5H,6H2,1-2H3. The van der Waals surface area contributed by atoms with Crippen LogP contribution in [0.1, 0.15) is 5.56 Å². The molecule has 0 heterocycles. The van der Waals surface area contributed by atoms with Crippen molar-refractivity contribution >= 4 is 11.6 Å². The third kappa shape index (κ3) is 2.75. The van der Waals surface area contributed by atoms with Crippen molar-refractivity contribution in [2.45, 2.75) is 6.42 Å². The lowest BCUT2D eigenvalue weighted by Crippen LogP contribution is -2.23. The van der Waals surface area contributed by atoms with Gasteiger partial charge < -0.3 is 4.90 Å². The molecule has 0 bridgehead atoms. The average Bonchev–Trinajstić information content (AvgIpc) is 2.20. The largest absolute Gasteiger partial charge is 0.349 e. The van der Waals surface area contributed by atoms with Crippen LogP contribution >= 0.6 is 0 Å². The van der Waals surface area contributed by atoms with E-state index in [2.05, 4.69) is 0 Å². The Morgan fingerprint density at radius 2 is 2.12 bits per heavy atom. The second-order valence-corrected chi connectivity index (χ2v) is 3.50. The molecular formula is C10H11FN2O3. The number of likely N-dealkylation sites (N-methyl/N-ethyl adjacent to an activating group) is 1. The molecule has 0 fully saturated rings. The summed E-state index contributed by atoms with van der Waals surface area (Å²) in [5, 5.41) is 10.5. The highest BCUT2D eigenvalue weighted by Crippen LogP contribution is 2.17. The lowest BCUT2D eigenvalue weighted by Gasteiger charge is -2.10. The van der Waals surface area contributed by atoms with Crippen LogP contribution in [-0.4, -0.2) is 29.8 Å². The minimum atomic E-state index is -0.622. The van der Waals surface area contributed by atoms with Gasteiger partial charge in [0.2, 0.25) is 5.91 Å². The highest BCUT2D eigenvalue weighted by molar-refractivity contribution is 5.78. The van der Waals surface area contributed by atoms with Gasteiger partial charge in [0, 0.05) is 31.8 Å². The van der Waals surface area contributed by atoms with Crippen molar-refractivity contribution in [1.82, 2.24) is 4.90 Å². The zero-order valence-electron chi connectivity index (χ0n) is 8.94. The van der Waals surface area contributed by atoms with Gasteiger partial charge in [-0.3, -0.25) is 14.9 Å². The van der Waals surface area contributed by atoms with Gasteiger partial charge in [-0.25, -0.2) is 4.39 Å². The van der Waals surface area contributed by atoms with Gasteiger partial charge in [-0.1, -0.05) is 0 Å². The lowest BCUT2D eigenvalue weighted by atomic mass is 10.1. The van der Waals surface area contributed by atoms with E-state index in [4.69, 9.17) is 0 Å². The van der Waals surface area contributed by atoms with E-state index < -0.39 is 10.7 Å². The Morgan fingerprint density at radius 1 is 1.50 bits per heavy atom. The van der Waals surface area contributed by atoms with Crippen LogP contribution in [0.2, 0.25) is 0 Å². The molecule has 0 saturated heterocycles. The second-order valence-electron chi connectivity index (χ2n) is 3.50. The molecule has 16 heavy (non-hydrogen) atoms. The van der Waals surface area contributed by atoms with E-state index in [1.54, 1.807) is 0 Å². The van der Waals surface area contributed by atoms with Crippen LogP contribution in [0.15, 0.2) is 18.2 Å². The third-order valence-electron chi connectivity index (χ3n) is 2.08. The van der Waals surface area contributed by atoms with E-state index in [0.717, 1.165) is 18.2 Å². The van der Waals surface area contributed by atoms with Crippen molar-refractivity contribution in [3.8, 4) is 0 Å². The van der Waals surface area contributed by atoms with Gasteiger partial charge in [0.05, 0.1) is 11.3 Å². The number of nitro groups is 1. The van der Waals surface area contributed by atoms with Crippen LogP contribution < -0.4 is 0 Å². The second kappa shape index (κ2) is 4.69. The first kappa shape index (κ1) is 12.1. The van der Waals surface area contributed by atoms with Crippen molar-refractivity contribution in [3.05, 3.63) is 39.7 Å². The number of benzene rings is 1. The van der Waals surface area contributed by atoms with Gasteiger partial charge in [0.25, 0.3) is 5.69 Å². The maximum absolute atomic E-state index is 13.3. The van der Waals surface area contributed by atoms with E-state index in [0.29, 0.717) is 0 Å². The van der Waals surface area contributed by atoms with Crippen LogP contribution in [-0.2, 0) is 11.2 Å². The molecule has 0 saturated carbocycles. The maximum atomic E-state index is 13.3. The molecule has 0 atom stereocenters. The number of nitrogens with zero attached hydrogens (tertiary/aromatic N) is 2. The fraction of sp³-hybridized carbons (Fsp3) is 0.300. The van der Waals surface area contributed by atoms with Gasteiger partial charge in [0.1, 0.15) is 5.82 Å². The molecule has 0 aliphatic carbocycles. The van der Waals surface area contributed by atoms with E-state index >= 15 is 0 Å². The molecule has 1 aromatic carbocycles. The summed E-state index contributed by atoms with van der Waals surface area (Å²) in [6.07, 6.45) is -0.180. The quantitative estimate of drug-likeness (QED) is 0.577. The Bertz CT molecular complexity index is 432. The van der Waals surface area contributed by atoms with Gasteiger partial charge in [-0.05, 0) is 6.07 Å². The zero-order valence-corrected chi connectivity index (χ0v) is 8.94. The average molecular weight is 226 g/mol. The molecule has 0 aliphatic heterocycles. The molecule has 1 amide bonds. The summed E-state index contributed by atoms with van der Waals surface area (Å²) in [6.45, 7) is 0. The molecule has 0 radical (unpaired) electrons. The smallest absolute Gasteiger partial charge is 0.269 e. The minimum absolute atomic E-state index is 0.0351. The van der Waals surface area contributed by atoms with E-state index in [1.165, 1.54) is 19.0 Å². The van der Waals surface area contributed by atoms with Gasteiger partial charge in [-0.2, -0.15) is 0 Å². The Morgan fingerprint density at radius 3 is 2.62 bits per heavy atom. The molecule has 86 valence electrons. The molecule has 6 heteroatoms. The fourth-order valence-corrected chi connectivity index (χ4v) is 1.13. The van der Waals surface area contributed by atoms with Crippen molar-refractivity contribution < 1.29 is 14.1 Å². The Balaban J connectivity index is 2.99. The Kier molecular flexibility index (Phi) is 3.55. The summed E-state index contributed by atoms with van der Waals surface area (Å²) in [6, 6.07) is 3.14. The number of halogens is 1. The first-order valence-corrected chi connectivity index (χ1v) is 4.55. The van der Waals surface area contributed by atoms with Crippen LogP contribution in [0, 0.1) is 15.9 Å². The summed E-state index contributed by atoms with van der Waals surface area (Å²) in [5.74, 6) is -0.916. The Labute approximate surface area is 91.6 Å². The number of nitro benzene ring substituents is 1.